The summed E-state index contributed by atoms with van der Waals surface area (Å²) in [5.41, 5.74) is 4.13. The van der Waals surface area contributed by atoms with Gasteiger partial charge >= 0.3 is 0 Å². The molecule has 2 fully saturated rings. The van der Waals surface area contributed by atoms with E-state index in [1.807, 2.05) is 11.8 Å². The van der Waals surface area contributed by atoms with Crippen molar-refractivity contribution in [1.29, 1.82) is 0 Å². The number of rotatable bonds is 8. The van der Waals surface area contributed by atoms with E-state index in [9.17, 15) is 0 Å². The Balaban J connectivity index is 1.16. The second-order valence-electron chi connectivity index (χ2n) is 9.29. The fraction of sp³-hybridized carbons (Fsp3) is 0.556. The molecule has 0 bridgehead atoms. The van der Waals surface area contributed by atoms with Crippen LogP contribution in [0.2, 0.25) is 5.02 Å². The fourth-order valence-electron chi connectivity index (χ4n) is 4.99. The molecule has 2 aromatic carbocycles. The van der Waals surface area contributed by atoms with Gasteiger partial charge in [-0.15, -0.1) is 11.8 Å². The standard InChI is InChI=1S/C27H37ClN2S/c1-22-6-5-9-25(20-22)31-19-18-30-16-14-29(15-17-30)13-12-23-10-11-26(27(28)21-23)24-7-3-2-4-8-24/h5-6,9-11,20-21,24H,2-4,7-8,12-19H2,1H3. The van der Waals surface area contributed by atoms with Gasteiger partial charge in [0.25, 0.3) is 0 Å². The van der Waals surface area contributed by atoms with Crippen molar-refractivity contribution >= 4 is 23.4 Å². The minimum Gasteiger partial charge on any atom is -0.300 e. The molecule has 1 aliphatic carbocycles. The summed E-state index contributed by atoms with van der Waals surface area (Å²) in [5.74, 6) is 1.86. The molecule has 4 rings (SSSR count). The second-order valence-corrected chi connectivity index (χ2v) is 10.9. The average molecular weight is 457 g/mol. The van der Waals surface area contributed by atoms with E-state index in [1.54, 1.807) is 0 Å². The summed E-state index contributed by atoms with van der Waals surface area (Å²) in [4.78, 5) is 6.63. The molecule has 2 aliphatic rings. The smallest absolute Gasteiger partial charge is 0.0443 e. The molecule has 1 heterocycles. The van der Waals surface area contributed by atoms with Gasteiger partial charge in [-0.25, -0.2) is 0 Å². The second kappa shape index (κ2) is 11.7. The lowest BCUT2D eigenvalue weighted by atomic mass is 9.84. The summed E-state index contributed by atoms with van der Waals surface area (Å²) < 4.78 is 0. The molecular weight excluding hydrogens is 420 g/mol. The van der Waals surface area contributed by atoms with Gasteiger partial charge in [0.2, 0.25) is 0 Å². The van der Waals surface area contributed by atoms with E-state index in [0.717, 1.165) is 18.0 Å². The van der Waals surface area contributed by atoms with Crippen LogP contribution in [0.3, 0.4) is 0 Å². The zero-order chi connectivity index (χ0) is 21.5. The zero-order valence-electron chi connectivity index (χ0n) is 19.0. The Labute approximate surface area is 198 Å². The Kier molecular flexibility index (Phi) is 8.78. The maximum absolute atomic E-state index is 6.68. The minimum atomic E-state index is 0.687. The van der Waals surface area contributed by atoms with Crippen molar-refractivity contribution in [2.45, 2.75) is 56.3 Å². The van der Waals surface area contributed by atoms with Gasteiger partial charge in [-0.3, -0.25) is 4.90 Å². The number of piperazine rings is 1. The lowest BCUT2D eigenvalue weighted by Gasteiger charge is -2.34. The van der Waals surface area contributed by atoms with Crippen LogP contribution in [0.4, 0.5) is 0 Å². The molecule has 0 N–H and O–H groups in total. The maximum atomic E-state index is 6.68. The molecule has 0 aromatic heterocycles. The van der Waals surface area contributed by atoms with Crippen LogP contribution < -0.4 is 0 Å². The quantitative estimate of drug-likeness (QED) is 0.410. The first-order chi connectivity index (χ1) is 15.2. The van der Waals surface area contributed by atoms with Crippen molar-refractivity contribution in [2.75, 3.05) is 45.0 Å². The van der Waals surface area contributed by atoms with Crippen LogP contribution in [0.1, 0.15) is 54.7 Å². The highest BCUT2D eigenvalue weighted by molar-refractivity contribution is 7.99. The Morgan fingerprint density at radius 2 is 1.65 bits per heavy atom. The molecule has 4 heteroatoms. The number of halogens is 1. The number of hydrogen-bond donors (Lipinski definition) is 0. The third-order valence-electron chi connectivity index (χ3n) is 6.96. The normalized spacial score (nSPS) is 19.0. The largest absolute Gasteiger partial charge is 0.300 e. The van der Waals surface area contributed by atoms with Gasteiger partial charge in [0.05, 0.1) is 0 Å². The molecular formula is C27H37ClN2S. The lowest BCUT2D eigenvalue weighted by molar-refractivity contribution is 0.139. The van der Waals surface area contributed by atoms with Crippen LogP contribution in [0.25, 0.3) is 0 Å². The van der Waals surface area contributed by atoms with Gasteiger partial charge in [-0.05, 0) is 61.4 Å². The van der Waals surface area contributed by atoms with E-state index in [4.69, 9.17) is 11.6 Å². The molecule has 0 spiro atoms. The Morgan fingerprint density at radius 1 is 0.903 bits per heavy atom. The molecule has 0 amide bonds. The third kappa shape index (κ3) is 6.99. The predicted molar refractivity (Wildman–Crippen MR) is 136 cm³/mol. The van der Waals surface area contributed by atoms with E-state index in [-0.39, 0.29) is 0 Å². The van der Waals surface area contributed by atoms with Crippen molar-refractivity contribution in [2.24, 2.45) is 0 Å². The van der Waals surface area contributed by atoms with Crippen LogP contribution in [-0.4, -0.2) is 54.8 Å². The van der Waals surface area contributed by atoms with Crippen LogP contribution >= 0.6 is 23.4 Å². The van der Waals surface area contributed by atoms with Crippen LogP contribution in [0.5, 0.6) is 0 Å². The van der Waals surface area contributed by atoms with E-state index < -0.39 is 0 Å². The Morgan fingerprint density at radius 3 is 2.35 bits per heavy atom. The number of thioether (sulfide) groups is 1. The molecule has 1 saturated heterocycles. The van der Waals surface area contributed by atoms with Crippen molar-refractivity contribution in [3.05, 3.63) is 64.2 Å². The number of hydrogen-bond acceptors (Lipinski definition) is 3. The monoisotopic (exact) mass is 456 g/mol. The summed E-state index contributed by atoms with van der Waals surface area (Å²) in [6.45, 7) is 9.25. The van der Waals surface area contributed by atoms with Crippen LogP contribution in [0.15, 0.2) is 47.4 Å². The summed E-state index contributed by atoms with van der Waals surface area (Å²) >= 11 is 8.66. The van der Waals surface area contributed by atoms with Gasteiger partial charge in [0.1, 0.15) is 0 Å². The number of benzene rings is 2. The van der Waals surface area contributed by atoms with Crippen LogP contribution in [0, 0.1) is 6.92 Å². The maximum Gasteiger partial charge on any atom is 0.0443 e. The van der Waals surface area contributed by atoms with E-state index in [2.05, 4.69) is 59.2 Å². The van der Waals surface area contributed by atoms with Gasteiger partial charge in [0, 0.05) is 54.9 Å². The molecule has 1 aliphatic heterocycles. The summed E-state index contributed by atoms with van der Waals surface area (Å²) in [6, 6.07) is 15.7. The predicted octanol–water partition coefficient (Wildman–Crippen LogP) is 6.65. The summed E-state index contributed by atoms with van der Waals surface area (Å²) in [5, 5.41) is 1.00. The van der Waals surface area contributed by atoms with Gasteiger partial charge in [0.15, 0.2) is 0 Å². The Hall–Kier alpha value is -1.00. The van der Waals surface area contributed by atoms with Crippen molar-refractivity contribution in [3.63, 3.8) is 0 Å². The Bertz CT molecular complexity index is 826. The topological polar surface area (TPSA) is 6.48 Å². The summed E-state index contributed by atoms with van der Waals surface area (Å²) in [7, 11) is 0. The third-order valence-corrected chi connectivity index (χ3v) is 8.26. The van der Waals surface area contributed by atoms with Crippen molar-refractivity contribution < 1.29 is 0 Å². The molecule has 31 heavy (non-hydrogen) atoms. The molecule has 0 radical (unpaired) electrons. The van der Waals surface area contributed by atoms with E-state index in [1.165, 1.54) is 92.2 Å². The first-order valence-corrected chi connectivity index (χ1v) is 13.5. The van der Waals surface area contributed by atoms with Crippen molar-refractivity contribution in [1.82, 2.24) is 9.80 Å². The minimum absolute atomic E-state index is 0.687. The van der Waals surface area contributed by atoms with E-state index in [0.29, 0.717) is 5.92 Å². The highest BCUT2D eigenvalue weighted by Crippen LogP contribution is 2.36. The number of aryl methyl sites for hydroxylation is 1. The lowest BCUT2D eigenvalue weighted by Crippen LogP contribution is -2.47. The summed E-state index contributed by atoms with van der Waals surface area (Å²) in [6.07, 6.45) is 7.84. The van der Waals surface area contributed by atoms with Crippen molar-refractivity contribution in [3.8, 4) is 0 Å². The molecule has 0 atom stereocenters. The zero-order valence-corrected chi connectivity index (χ0v) is 20.6. The first-order valence-electron chi connectivity index (χ1n) is 12.1. The molecule has 2 aromatic rings. The van der Waals surface area contributed by atoms with Gasteiger partial charge in [-0.1, -0.05) is 60.7 Å². The molecule has 2 nitrogen and oxygen atoms in total. The van der Waals surface area contributed by atoms with Gasteiger partial charge in [-0.2, -0.15) is 0 Å². The molecule has 0 unspecified atom stereocenters. The molecule has 1 saturated carbocycles. The van der Waals surface area contributed by atoms with E-state index >= 15 is 0 Å². The highest BCUT2D eigenvalue weighted by Gasteiger charge is 2.19. The van der Waals surface area contributed by atoms with Gasteiger partial charge < -0.3 is 4.90 Å². The SMILES string of the molecule is Cc1cccc(SCCN2CCN(CCc3ccc(C4CCCCC4)c(Cl)c3)CC2)c1. The fourth-order valence-corrected chi connectivity index (χ4v) is 6.38. The first kappa shape index (κ1) is 23.2. The average Bonchev–Trinajstić information content (AvgIpc) is 2.79. The number of nitrogens with zero attached hydrogens (tertiary/aromatic N) is 2. The van der Waals surface area contributed by atoms with Crippen LogP contribution in [-0.2, 0) is 6.42 Å². The highest BCUT2D eigenvalue weighted by atomic mass is 35.5. The molecule has 168 valence electrons.